The van der Waals surface area contributed by atoms with Gasteiger partial charge in [-0.2, -0.15) is 4.98 Å². The van der Waals surface area contributed by atoms with Crippen LogP contribution in [0.1, 0.15) is 11.1 Å². The second-order valence-electron chi connectivity index (χ2n) is 5.84. The minimum atomic E-state index is 0.618. The third-order valence-corrected chi connectivity index (χ3v) is 4.07. The predicted octanol–water partition coefficient (Wildman–Crippen LogP) is 3.17. The monoisotopic (exact) mass is 330 g/mol. The van der Waals surface area contributed by atoms with Crippen molar-refractivity contribution in [2.45, 2.75) is 13.3 Å². The summed E-state index contributed by atoms with van der Waals surface area (Å²) in [5.74, 6) is 1.46. The summed E-state index contributed by atoms with van der Waals surface area (Å²) in [6.45, 7) is 2.77. The molecule has 0 aliphatic carbocycles. The average molecular weight is 330 g/mol. The maximum atomic E-state index is 4.68. The Kier molecular flexibility index (Phi) is 4.08. The molecule has 0 unspecified atom stereocenters. The lowest BCUT2D eigenvalue weighted by Crippen LogP contribution is -2.10. The van der Waals surface area contributed by atoms with Crippen LogP contribution < -0.4 is 5.32 Å². The molecule has 1 aromatic carbocycles. The number of pyridine rings is 1. The van der Waals surface area contributed by atoms with Gasteiger partial charge in [-0.3, -0.25) is 9.55 Å². The number of hydrogen-bond donors (Lipinski definition) is 1. The summed E-state index contributed by atoms with van der Waals surface area (Å²) in [4.78, 5) is 17.6. The molecule has 0 fully saturated rings. The van der Waals surface area contributed by atoms with Crippen molar-refractivity contribution in [3.8, 4) is 5.82 Å². The van der Waals surface area contributed by atoms with E-state index in [2.05, 4.69) is 25.3 Å². The first-order chi connectivity index (χ1) is 12.3. The van der Waals surface area contributed by atoms with Gasteiger partial charge in [0.2, 0.25) is 5.95 Å². The molecule has 0 saturated heterocycles. The summed E-state index contributed by atoms with van der Waals surface area (Å²) in [6.07, 6.45) is 8.15. The minimum absolute atomic E-state index is 0.618. The molecule has 0 aliphatic heterocycles. The van der Waals surface area contributed by atoms with Gasteiger partial charge in [0, 0.05) is 30.7 Å². The van der Waals surface area contributed by atoms with E-state index in [-0.39, 0.29) is 0 Å². The largest absolute Gasteiger partial charge is 0.354 e. The lowest BCUT2D eigenvalue weighted by atomic mass is 10.2. The molecule has 0 amide bonds. The van der Waals surface area contributed by atoms with Crippen molar-refractivity contribution in [2.24, 2.45) is 0 Å². The average Bonchev–Trinajstić information content (AvgIpc) is 3.08. The topological polar surface area (TPSA) is 68.5 Å². The fourth-order valence-corrected chi connectivity index (χ4v) is 2.76. The number of nitrogens with zero attached hydrogens (tertiary/aromatic N) is 5. The van der Waals surface area contributed by atoms with E-state index in [0.717, 1.165) is 35.4 Å². The fraction of sp³-hybridized carbons (Fsp3) is 0.158. The lowest BCUT2D eigenvalue weighted by molar-refractivity contribution is 0.939. The zero-order chi connectivity index (χ0) is 17.1. The molecule has 3 aromatic heterocycles. The molecule has 124 valence electrons. The number of anilines is 1. The van der Waals surface area contributed by atoms with Crippen LogP contribution in [0, 0.1) is 6.92 Å². The molecule has 0 spiro atoms. The molecule has 0 saturated carbocycles. The summed E-state index contributed by atoms with van der Waals surface area (Å²) >= 11 is 0. The molecule has 25 heavy (non-hydrogen) atoms. The second-order valence-corrected chi connectivity index (χ2v) is 5.84. The number of rotatable bonds is 5. The van der Waals surface area contributed by atoms with Gasteiger partial charge in [0.25, 0.3) is 0 Å². The van der Waals surface area contributed by atoms with Crippen molar-refractivity contribution >= 4 is 17.0 Å². The number of imidazole rings is 1. The molecule has 1 N–H and O–H groups in total. The third-order valence-electron chi connectivity index (χ3n) is 4.07. The van der Waals surface area contributed by atoms with Crippen LogP contribution in [0.5, 0.6) is 0 Å². The number of nitrogens with one attached hydrogen (secondary N) is 1. The van der Waals surface area contributed by atoms with Crippen molar-refractivity contribution in [3.05, 3.63) is 72.4 Å². The number of benzene rings is 1. The van der Waals surface area contributed by atoms with Crippen LogP contribution in [0.25, 0.3) is 16.9 Å². The van der Waals surface area contributed by atoms with E-state index in [9.17, 15) is 0 Å². The molecule has 6 nitrogen and oxygen atoms in total. The molecule has 3 heterocycles. The highest BCUT2D eigenvalue weighted by Gasteiger charge is 2.09. The first-order valence-corrected chi connectivity index (χ1v) is 8.20. The highest BCUT2D eigenvalue weighted by molar-refractivity contribution is 5.77. The van der Waals surface area contributed by atoms with Crippen LogP contribution in [-0.2, 0) is 6.42 Å². The molecule has 0 radical (unpaired) electrons. The maximum Gasteiger partial charge on any atom is 0.224 e. The maximum absolute atomic E-state index is 4.68. The van der Waals surface area contributed by atoms with E-state index in [1.807, 2.05) is 54.1 Å². The van der Waals surface area contributed by atoms with Gasteiger partial charge in [-0.15, -0.1) is 0 Å². The zero-order valence-electron chi connectivity index (χ0n) is 13.9. The molecule has 0 bridgehead atoms. The molecule has 4 aromatic rings. The van der Waals surface area contributed by atoms with Gasteiger partial charge < -0.3 is 5.32 Å². The Balaban J connectivity index is 1.56. The van der Waals surface area contributed by atoms with Crippen LogP contribution in [-0.4, -0.2) is 31.0 Å². The highest BCUT2D eigenvalue weighted by Crippen LogP contribution is 2.19. The van der Waals surface area contributed by atoms with E-state index in [0.29, 0.717) is 5.95 Å². The van der Waals surface area contributed by atoms with Crippen LogP contribution in [0.2, 0.25) is 0 Å². The van der Waals surface area contributed by atoms with Crippen molar-refractivity contribution in [2.75, 3.05) is 11.9 Å². The van der Waals surface area contributed by atoms with Gasteiger partial charge in [0.05, 0.1) is 11.0 Å². The van der Waals surface area contributed by atoms with E-state index in [1.54, 1.807) is 18.7 Å². The van der Waals surface area contributed by atoms with Crippen molar-refractivity contribution in [1.29, 1.82) is 0 Å². The molecular weight excluding hydrogens is 312 g/mol. The van der Waals surface area contributed by atoms with Gasteiger partial charge in [-0.1, -0.05) is 12.1 Å². The van der Waals surface area contributed by atoms with Crippen LogP contribution in [0.4, 0.5) is 5.95 Å². The molecule has 0 aliphatic rings. The Morgan fingerprint density at radius 3 is 2.76 bits per heavy atom. The molecule has 0 atom stereocenters. The summed E-state index contributed by atoms with van der Waals surface area (Å²) in [7, 11) is 0. The summed E-state index contributed by atoms with van der Waals surface area (Å²) in [5, 5.41) is 3.29. The first kappa shape index (κ1) is 15.3. The van der Waals surface area contributed by atoms with Crippen molar-refractivity contribution in [1.82, 2.24) is 24.5 Å². The van der Waals surface area contributed by atoms with Gasteiger partial charge >= 0.3 is 0 Å². The standard InChI is InChI=1S/C19H18N6/c1-14-12-22-19(21-11-8-15-6-9-20-10-7-15)24-18(14)25-13-23-16-4-2-3-5-17(16)25/h2-7,9-10,12-13H,8,11H2,1H3,(H,21,22,24). The number of fused-ring (bicyclic) bond motifs is 1. The number of aromatic nitrogens is 5. The fourth-order valence-electron chi connectivity index (χ4n) is 2.76. The Hall–Kier alpha value is -3.28. The van der Waals surface area contributed by atoms with Gasteiger partial charge in [0.1, 0.15) is 12.1 Å². The Bertz CT molecular complexity index is 993. The quantitative estimate of drug-likeness (QED) is 0.609. The van der Waals surface area contributed by atoms with Crippen molar-refractivity contribution < 1.29 is 0 Å². The zero-order valence-corrected chi connectivity index (χ0v) is 13.9. The number of hydrogen-bond acceptors (Lipinski definition) is 5. The molecule has 6 heteroatoms. The van der Waals surface area contributed by atoms with Gasteiger partial charge in [0.15, 0.2) is 0 Å². The summed E-state index contributed by atoms with van der Waals surface area (Å²) in [6, 6.07) is 12.1. The Labute approximate surface area is 145 Å². The smallest absolute Gasteiger partial charge is 0.224 e. The Morgan fingerprint density at radius 2 is 1.88 bits per heavy atom. The van der Waals surface area contributed by atoms with E-state index >= 15 is 0 Å². The van der Waals surface area contributed by atoms with Gasteiger partial charge in [-0.25, -0.2) is 9.97 Å². The van der Waals surface area contributed by atoms with Crippen molar-refractivity contribution in [3.63, 3.8) is 0 Å². The summed E-state index contributed by atoms with van der Waals surface area (Å²) in [5.41, 5.74) is 4.22. The molecule has 4 rings (SSSR count). The van der Waals surface area contributed by atoms with Gasteiger partial charge in [-0.05, 0) is 43.2 Å². The van der Waals surface area contributed by atoms with E-state index in [4.69, 9.17) is 0 Å². The second kappa shape index (κ2) is 6.68. The first-order valence-electron chi connectivity index (χ1n) is 8.20. The van der Waals surface area contributed by atoms with E-state index in [1.165, 1.54) is 5.56 Å². The van der Waals surface area contributed by atoms with Crippen LogP contribution in [0.3, 0.4) is 0 Å². The van der Waals surface area contributed by atoms with Crippen LogP contribution >= 0.6 is 0 Å². The highest BCUT2D eigenvalue weighted by atomic mass is 15.2. The number of aryl methyl sites for hydroxylation is 1. The van der Waals surface area contributed by atoms with E-state index < -0.39 is 0 Å². The number of para-hydroxylation sites is 2. The normalized spacial score (nSPS) is 10.9. The predicted molar refractivity (Wildman–Crippen MR) is 97.8 cm³/mol. The molecular formula is C19H18N6. The SMILES string of the molecule is Cc1cnc(NCCc2ccncc2)nc1-n1cnc2ccccc21. The third kappa shape index (κ3) is 3.19. The lowest BCUT2D eigenvalue weighted by Gasteiger charge is -2.10. The Morgan fingerprint density at radius 1 is 1.04 bits per heavy atom. The summed E-state index contributed by atoms with van der Waals surface area (Å²) < 4.78 is 2.00. The van der Waals surface area contributed by atoms with Crippen LogP contribution in [0.15, 0.2) is 61.3 Å². The minimum Gasteiger partial charge on any atom is -0.354 e.